The van der Waals surface area contributed by atoms with Gasteiger partial charge in [-0.1, -0.05) is 23.3 Å². The maximum Gasteiger partial charge on any atom is 0.322 e. The number of anilines is 1. The summed E-state index contributed by atoms with van der Waals surface area (Å²) in [5, 5.41) is 10.5. The summed E-state index contributed by atoms with van der Waals surface area (Å²) in [4.78, 5) is 15.4. The Balaban J connectivity index is 1.59. The summed E-state index contributed by atoms with van der Waals surface area (Å²) in [6.07, 6.45) is 1.57. The molecule has 4 rings (SSSR count). The molecule has 6 nitrogen and oxygen atoms in total. The minimum atomic E-state index is -0.835. The van der Waals surface area contributed by atoms with E-state index in [0.717, 1.165) is 17.0 Å². The number of carbonyl (C=O) groups is 1. The molecular formula is C17H10F2N4O2. The molecule has 0 unspecified atom stereocenters. The Morgan fingerprint density at radius 1 is 1.12 bits per heavy atom. The molecule has 2 aromatic heterocycles. The number of para-hydroxylation sites is 1. The second kappa shape index (κ2) is 5.82. The van der Waals surface area contributed by atoms with Gasteiger partial charge in [0.25, 0.3) is 11.8 Å². The van der Waals surface area contributed by atoms with Gasteiger partial charge in [0.05, 0.1) is 11.1 Å². The molecule has 0 atom stereocenters. The fraction of sp³-hybridized carbons (Fsp3) is 0. The number of aromatic amines is 1. The summed E-state index contributed by atoms with van der Waals surface area (Å²) in [6, 6.07) is 10.1. The van der Waals surface area contributed by atoms with Gasteiger partial charge in [0.15, 0.2) is 0 Å². The van der Waals surface area contributed by atoms with E-state index in [9.17, 15) is 13.6 Å². The van der Waals surface area contributed by atoms with Crippen molar-refractivity contribution in [1.82, 2.24) is 15.2 Å². The van der Waals surface area contributed by atoms with Crippen LogP contribution < -0.4 is 5.32 Å². The first kappa shape index (κ1) is 15.0. The lowest BCUT2D eigenvalue weighted by atomic mass is 10.2. The summed E-state index contributed by atoms with van der Waals surface area (Å²) in [7, 11) is 0. The second-order valence-corrected chi connectivity index (χ2v) is 5.24. The summed E-state index contributed by atoms with van der Waals surface area (Å²) in [5.74, 6) is -2.16. The topological polar surface area (TPSA) is 83.8 Å². The van der Waals surface area contributed by atoms with Gasteiger partial charge in [-0.15, -0.1) is 5.10 Å². The molecule has 0 saturated heterocycles. The molecule has 2 heterocycles. The molecular weight excluding hydrogens is 330 g/mol. The van der Waals surface area contributed by atoms with Crippen molar-refractivity contribution in [2.45, 2.75) is 0 Å². The predicted octanol–water partition coefficient (Wildman–Crippen LogP) is 3.75. The molecule has 0 saturated carbocycles. The molecule has 2 N–H and O–H groups in total. The smallest absolute Gasteiger partial charge is 0.322 e. The molecule has 4 aromatic rings. The minimum Gasteiger partial charge on any atom is -0.403 e. The van der Waals surface area contributed by atoms with Crippen molar-refractivity contribution in [1.29, 1.82) is 0 Å². The van der Waals surface area contributed by atoms with Crippen LogP contribution in [0.1, 0.15) is 10.4 Å². The Morgan fingerprint density at radius 2 is 1.96 bits per heavy atom. The minimum absolute atomic E-state index is 0.0542. The molecule has 0 aliphatic carbocycles. The molecule has 0 aliphatic rings. The molecule has 25 heavy (non-hydrogen) atoms. The molecule has 2 aromatic carbocycles. The molecule has 124 valence electrons. The van der Waals surface area contributed by atoms with E-state index in [4.69, 9.17) is 4.42 Å². The Hall–Kier alpha value is -3.55. The van der Waals surface area contributed by atoms with E-state index in [1.54, 1.807) is 12.3 Å². The number of aromatic nitrogens is 3. The monoisotopic (exact) mass is 340 g/mol. The zero-order valence-corrected chi connectivity index (χ0v) is 12.6. The Morgan fingerprint density at radius 3 is 2.80 bits per heavy atom. The van der Waals surface area contributed by atoms with E-state index in [0.29, 0.717) is 11.6 Å². The normalized spacial score (nSPS) is 11.0. The van der Waals surface area contributed by atoms with Crippen molar-refractivity contribution in [3.05, 3.63) is 65.9 Å². The first-order valence-corrected chi connectivity index (χ1v) is 7.28. The molecule has 0 radical (unpaired) electrons. The zero-order valence-electron chi connectivity index (χ0n) is 12.6. The van der Waals surface area contributed by atoms with Gasteiger partial charge in [-0.25, -0.2) is 8.78 Å². The Labute approximate surface area is 139 Å². The lowest BCUT2D eigenvalue weighted by Gasteiger charge is -1.99. The Kier molecular flexibility index (Phi) is 3.50. The Bertz CT molecular complexity index is 1090. The lowest BCUT2D eigenvalue weighted by molar-refractivity contribution is 0.102. The van der Waals surface area contributed by atoms with Gasteiger partial charge in [-0.2, -0.15) is 0 Å². The largest absolute Gasteiger partial charge is 0.403 e. The number of halogens is 2. The number of rotatable bonds is 3. The van der Waals surface area contributed by atoms with Crippen molar-refractivity contribution >= 4 is 22.8 Å². The van der Waals surface area contributed by atoms with Crippen molar-refractivity contribution in [3.8, 4) is 11.5 Å². The van der Waals surface area contributed by atoms with Crippen LogP contribution >= 0.6 is 0 Å². The van der Waals surface area contributed by atoms with E-state index in [1.807, 2.05) is 18.2 Å². The predicted molar refractivity (Wildman–Crippen MR) is 85.9 cm³/mol. The number of carbonyl (C=O) groups excluding carboxylic acids is 1. The number of nitrogens with zero attached hydrogens (tertiary/aromatic N) is 2. The van der Waals surface area contributed by atoms with Gasteiger partial charge in [0.1, 0.15) is 11.6 Å². The number of fused-ring (bicyclic) bond motifs is 1. The highest BCUT2D eigenvalue weighted by Gasteiger charge is 2.17. The number of amides is 1. The molecule has 0 bridgehead atoms. The fourth-order valence-corrected chi connectivity index (χ4v) is 2.47. The third kappa shape index (κ3) is 2.74. The van der Waals surface area contributed by atoms with E-state index in [2.05, 4.69) is 20.5 Å². The SMILES string of the molecule is O=C(Nc1nnc(-c2ccc(F)cc2F)o1)c1c[nH]c2ccccc12. The fourth-order valence-electron chi connectivity index (χ4n) is 2.47. The van der Waals surface area contributed by atoms with Gasteiger partial charge in [0, 0.05) is 23.2 Å². The molecule has 0 fully saturated rings. The third-order valence-electron chi connectivity index (χ3n) is 3.64. The van der Waals surface area contributed by atoms with Crippen molar-refractivity contribution in [2.24, 2.45) is 0 Å². The van der Waals surface area contributed by atoms with Crippen LogP contribution in [0.4, 0.5) is 14.8 Å². The van der Waals surface area contributed by atoms with E-state index < -0.39 is 17.5 Å². The highest BCUT2D eigenvalue weighted by atomic mass is 19.1. The molecule has 0 spiro atoms. The maximum atomic E-state index is 13.7. The quantitative estimate of drug-likeness (QED) is 0.595. The van der Waals surface area contributed by atoms with Crippen LogP contribution in [0.2, 0.25) is 0 Å². The number of hydrogen-bond acceptors (Lipinski definition) is 4. The van der Waals surface area contributed by atoms with Crippen LogP contribution in [0.3, 0.4) is 0 Å². The number of H-pyrrole nitrogens is 1. The first-order chi connectivity index (χ1) is 12.1. The zero-order chi connectivity index (χ0) is 17.4. The average molecular weight is 340 g/mol. The highest BCUT2D eigenvalue weighted by molar-refractivity contribution is 6.12. The summed E-state index contributed by atoms with van der Waals surface area (Å²) < 4.78 is 31.9. The first-order valence-electron chi connectivity index (χ1n) is 7.28. The standard InChI is InChI=1S/C17H10F2N4O2/c18-9-5-6-11(13(19)7-9)16-22-23-17(25-16)21-15(24)12-8-20-14-4-2-1-3-10(12)14/h1-8,20H,(H,21,23,24). The van der Waals surface area contributed by atoms with Crippen LogP contribution in [-0.2, 0) is 0 Å². The van der Waals surface area contributed by atoms with Gasteiger partial charge in [-0.3, -0.25) is 10.1 Å². The van der Waals surface area contributed by atoms with Crippen molar-refractivity contribution < 1.29 is 18.0 Å². The summed E-state index contributed by atoms with van der Waals surface area (Å²) >= 11 is 0. The average Bonchev–Trinajstić information content (AvgIpc) is 3.21. The van der Waals surface area contributed by atoms with Crippen LogP contribution in [0, 0.1) is 11.6 Å². The van der Waals surface area contributed by atoms with E-state index in [1.165, 1.54) is 6.07 Å². The van der Waals surface area contributed by atoms with Crippen molar-refractivity contribution in [3.63, 3.8) is 0 Å². The van der Waals surface area contributed by atoms with Crippen molar-refractivity contribution in [2.75, 3.05) is 5.32 Å². The number of nitrogens with one attached hydrogen (secondary N) is 2. The number of hydrogen-bond donors (Lipinski definition) is 2. The van der Waals surface area contributed by atoms with Crippen LogP contribution in [0.25, 0.3) is 22.4 Å². The maximum absolute atomic E-state index is 13.7. The summed E-state index contributed by atoms with van der Waals surface area (Å²) in [6.45, 7) is 0. The summed E-state index contributed by atoms with van der Waals surface area (Å²) in [5.41, 5.74) is 1.16. The number of benzene rings is 2. The van der Waals surface area contributed by atoms with E-state index in [-0.39, 0.29) is 17.5 Å². The second-order valence-electron chi connectivity index (χ2n) is 5.24. The molecule has 1 amide bonds. The lowest BCUT2D eigenvalue weighted by Crippen LogP contribution is -2.11. The van der Waals surface area contributed by atoms with Gasteiger partial charge in [0.2, 0.25) is 0 Å². The van der Waals surface area contributed by atoms with Crippen LogP contribution in [0.15, 0.2) is 53.1 Å². The van der Waals surface area contributed by atoms with Crippen LogP contribution in [-0.4, -0.2) is 21.1 Å². The van der Waals surface area contributed by atoms with Crippen LogP contribution in [0.5, 0.6) is 0 Å². The van der Waals surface area contributed by atoms with Gasteiger partial charge < -0.3 is 9.40 Å². The third-order valence-corrected chi connectivity index (χ3v) is 3.64. The van der Waals surface area contributed by atoms with Gasteiger partial charge in [-0.05, 0) is 18.2 Å². The molecule has 0 aliphatic heterocycles. The molecule has 8 heteroatoms. The van der Waals surface area contributed by atoms with Gasteiger partial charge >= 0.3 is 6.01 Å². The highest BCUT2D eigenvalue weighted by Crippen LogP contribution is 2.24. The van der Waals surface area contributed by atoms with E-state index >= 15 is 0 Å².